The highest BCUT2D eigenvalue weighted by Crippen LogP contribution is 2.28. The van der Waals surface area contributed by atoms with Crippen LogP contribution in [-0.4, -0.2) is 4.98 Å². The van der Waals surface area contributed by atoms with Crippen LogP contribution in [0, 0.1) is 0 Å². The monoisotopic (exact) mass is 398 g/mol. The Hall–Kier alpha value is -3.77. The van der Waals surface area contributed by atoms with Crippen molar-refractivity contribution in [2.24, 2.45) is 0 Å². The second-order valence-electron chi connectivity index (χ2n) is 7.21. The van der Waals surface area contributed by atoms with Gasteiger partial charge in [0, 0.05) is 24.1 Å². The predicted molar refractivity (Wildman–Crippen MR) is 120 cm³/mol. The molecular weight excluding hydrogens is 376 g/mol. The molecule has 2 unspecified atom stereocenters. The summed E-state index contributed by atoms with van der Waals surface area (Å²) in [6.07, 6.45) is 3.53. The Kier molecular flexibility index (Phi) is 5.41. The standard InChI is InChI=1S/C24H22N4O2/c1-15(16-6-3-2-4-7-16)27-21(17-10-12-26-13-11-17)18-8-5-9-19(14-18)28-22-20(25)23(29)24(22)30/h2-15,21,27-28H,25H2,1H3. The molecule has 4 rings (SSSR count). The van der Waals surface area contributed by atoms with Crippen LogP contribution < -0.4 is 27.2 Å². The maximum absolute atomic E-state index is 11.7. The summed E-state index contributed by atoms with van der Waals surface area (Å²) < 4.78 is 0. The summed E-state index contributed by atoms with van der Waals surface area (Å²) in [6, 6.07) is 21.9. The van der Waals surface area contributed by atoms with Crippen molar-refractivity contribution in [1.82, 2.24) is 10.3 Å². The molecular formula is C24H22N4O2. The second-order valence-corrected chi connectivity index (χ2v) is 7.21. The van der Waals surface area contributed by atoms with E-state index in [-0.39, 0.29) is 23.5 Å². The molecule has 1 aromatic heterocycles. The number of nitrogens with one attached hydrogen (secondary N) is 2. The number of aromatic nitrogens is 1. The number of anilines is 3. The summed E-state index contributed by atoms with van der Waals surface area (Å²) in [5.41, 5.74) is 8.51. The number of pyridine rings is 1. The van der Waals surface area contributed by atoms with Crippen molar-refractivity contribution in [1.29, 1.82) is 0 Å². The summed E-state index contributed by atoms with van der Waals surface area (Å²) in [7, 11) is 0. The molecule has 0 bridgehead atoms. The molecule has 0 aliphatic rings. The van der Waals surface area contributed by atoms with Gasteiger partial charge in [-0.2, -0.15) is 0 Å². The highest BCUT2D eigenvalue weighted by atomic mass is 16.2. The predicted octanol–water partition coefficient (Wildman–Crippen LogP) is 3.44. The molecule has 0 aliphatic carbocycles. The fourth-order valence-corrected chi connectivity index (χ4v) is 3.50. The average Bonchev–Trinajstić information content (AvgIpc) is 2.81. The number of rotatable bonds is 7. The fourth-order valence-electron chi connectivity index (χ4n) is 3.50. The van der Waals surface area contributed by atoms with Crippen LogP contribution in [0.5, 0.6) is 0 Å². The van der Waals surface area contributed by atoms with Crippen molar-refractivity contribution in [3.8, 4) is 0 Å². The van der Waals surface area contributed by atoms with E-state index in [9.17, 15) is 9.59 Å². The van der Waals surface area contributed by atoms with E-state index in [0.717, 1.165) is 11.1 Å². The van der Waals surface area contributed by atoms with Gasteiger partial charge >= 0.3 is 0 Å². The van der Waals surface area contributed by atoms with Crippen molar-refractivity contribution in [2.45, 2.75) is 19.0 Å². The summed E-state index contributed by atoms with van der Waals surface area (Å²) in [5, 5.41) is 6.67. The van der Waals surface area contributed by atoms with Crippen LogP contribution in [0.2, 0.25) is 0 Å². The first-order valence-electron chi connectivity index (χ1n) is 9.71. The van der Waals surface area contributed by atoms with Crippen molar-refractivity contribution in [3.05, 3.63) is 116 Å². The van der Waals surface area contributed by atoms with Gasteiger partial charge in [-0.3, -0.25) is 19.9 Å². The van der Waals surface area contributed by atoms with Gasteiger partial charge in [-0.1, -0.05) is 42.5 Å². The number of hydrogen-bond acceptors (Lipinski definition) is 6. The van der Waals surface area contributed by atoms with E-state index < -0.39 is 10.9 Å². The minimum absolute atomic E-state index is 0.0214. The number of nitrogens with two attached hydrogens (primary N) is 1. The van der Waals surface area contributed by atoms with Crippen molar-refractivity contribution in [3.63, 3.8) is 0 Å². The molecule has 6 nitrogen and oxygen atoms in total. The van der Waals surface area contributed by atoms with Crippen molar-refractivity contribution >= 4 is 17.1 Å². The Morgan fingerprint density at radius 2 is 1.53 bits per heavy atom. The zero-order chi connectivity index (χ0) is 21.1. The Bertz CT molecular complexity index is 1220. The summed E-state index contributed by atoms with van der Waals surface area (Å²) in [6.45, 7) is 2.12. The Morgan fingerprint density at radius 3 is 2.23 bits per heavy atom. The Balaban J connectivity index is 1.66. The molecule has 1 heterocycles. The van der Waals surface area contributed by atoms with Gasteiger partial charge in [0.2, 0.25) is 0 Å². The molecule has 0 saturated carbocycles. The van der Waals surface area contributed by atoms with Crippen LogP contribution in [0.4, 0.5) is 17.1 Å². The lowest BCUT2D eigenvalue weighted by molar-refractivity contribution is 0.516. The number of nitrogen functional groups attached to an aromatic ring is 1. The van der Waals surface area contributed by atoms with Gasteiger partial charge < -0.3 is 11.1 Å². The van der Waals surface area contributed by atoms with Crippen molar-refractivity contribution in [2.75, 3.05) is 11.1 Å². The van der Waals surface area contributed by atoms with Crippen LogP contribution >= 0.6 is 0 Å². The molecule has 0 radical (unpaired) electrons. The van der Waals surface area contributed by atoms with Crippen molar-refractivity contribution < 1.29 is 0 Å². The van der Waals surface area contributed by atoms with Crippen LogP contribution in [-0.2, 0) is 0 Å². The molecule has 30 heavy (non-hydrogen) atoms. The normalized spacial score (nSPS) is 13.1. The lowest BCUT2D eigenvalue weighted by Crippen LogP contribution is -2.36. The third-order valence-corrected chi connectivity index (χ3v) is 5.19. The molecule has 3 aromatic carbocycles. The van der Waals surface area contributed by atoms with E-state index in [1.165, 1.54) is 5.56 Å². The van der Waals surface area contributed by atoms with Gasteiger partial charge in [0.05, 0.1) is 6.04 Å². The lowest BCUT2D eigenvalue weighted by Gasteiger charge is -2.25. The fraction of sp³-hybridized carbons (Fsp3) is 0.125. The van der Waals surface area contributed by atoms with E-state index >= 15 is 0 Å². The number of hydrogen-bond donors (Lipinski definition) is 3. The van der Waals surface area contributed by atoms with E-state index in [0.29, 0.717) is 5.69 Å². The van der Waals surface area contributed by atoms with Gasteiger partial charge in [0.25, 0.3) is 10.9 Å². The maximum atomic E-state index is 11.7. The summed E-state index contributed by atoms with van der Waals surface area (Å²) >= 11 is 0. The van der Waals surface area contributed by atoms with Gasteiger partial charge in [0.1, 0.15) is 11.4 Å². The molecule has 0 amide bonds. The van der Waals surface area contributed by atoms with Crippen LogP contribution in [0.15, 0.2) is 88.7 Å². The van der Waals surface area contributed by atoms with E-state index in [4.69, 9.17) is 5.73 Å². The summed E-state index contributed by atoms with van der Waals surface area (Å²) in [5.74, 6) is 0. The maximum Gasteiger partial charge on any atom is 0.253 e. The zero-order valence-electron chi connectivity index (χ0n) is 16.5. The van der Waals surface area contributed by atoms with Crippen LogP contribution in [0.1, 0.15) is 35.7 Å². The molecule has 0 aliphatic heterocycles. The first-order chi connectivity index (χ1) is 14.5. The first kappa shape index (κ1) is 19.5. The Labute approximate surface area is 174 Å². The lowest BCUT2D eigenvalue weighted by atomic mass is 9.97. The van der Waals surface area contributed by atoms with Crippen LogP contribution in [0.25, 0.3) is 0 Å². The molecule has 2 atom stereocenters. The highest BCUT2D eigenvalue weighted by molar-refractivity contribution is 5.76. The average molecular weight is 398 g/mol. The minimum Gasteiger partial charge on any atom is -0.394 e. The first-order valence-corrected chi connectivity index (χ1v) is 9.71. The number of nitrogens with zero attached hydrogens (tertiary/aromatic N) is 1. The zero-order valence-corrected chi connectivity index (χ0v) is 16.5. The third kappa shape index (κ3) is 3.86. The number of benzene rings is 2. The molecule has 150 valence electrons. The molecule has 4 N–H and O–H groups in total. The second kappa shape index (κ2) is 8.31. The van der Waals surface area contributed by atoms with Crippen LogP contribution in [0.3, 0.4) is 0 Å². The quantitative estimate of drug-likeness (QED) is 0.413. The molecule has 0 spiro atoms. The largest absolute Gasteiger partial charge is 0.394 e. The molecule has 0 saturated heterocycles. The molecule has 6 heteroatoms. The van der Waals surface area contributed by atoms with Gasteiger partial charge in [0.15, 0.2) is 0 Å². The smallest absolute Gasteiger partial charge is 0.253 e. The Morgan fingerprint density at radius 1 is 0.833 bits per heavy atom. The molecule has 4 aromatic rings. The van der Waals surface area contributed by atoms with Gasteiger partial charge in [-0.05, 0) is 47.9 Å². The van der Waals surface area contributed by atoms with Gasteiger partial charge in [-0.15, -0.1) is 0 Å². The molecule has 0 fully saturated rings. The third-order valence-electron chi connectivity index (χ3n) is 5.19. The minimum atomic E-state index is -0.637. The topological polar surface area (TPSA) is 97.1 Å². The van der Waals surface area contributed by atoms with E-state index in [2.05, 4.69) is 34.7 Å². The van der Waals surface area contributed by atoms with E-state index in [1.54, 1.807) is 12.4 Å². The SMILES string of the molecule is CC(NC(c1ccncc1)c1cccc(Nc2c(N)c(=O)c2=O)c1)c1ccccc1. The van der Waals surface area contributed by atoms with E-state index in [1.807, 2.05) is 54.6 Å². The summed E-state index contributed by atoms with van der Waals surface area (Å²) in [4.78, 5) is 27.3. The van der Waals surface area contributed by atoms with Gasteiger partial charge in [-0.25, -0.2) is 0 Å². The highest BCUT2D eigenvalue weighted by Gasteiger charge is 2.20.